The Hall–Kier alpha value is -1.53. The molecule has 0 N–H and O–H groups in total. The maximum absolute atomic E-state index is 13.4. The molecule has 1 aromatic carbocycles. The summed E-state index contributed by atoms with van der Waals surface area (Å²) in [5, 5.41) is 0. The third-order valence-electron chi connectivity index (χ3n) is 6.79. The highest BCUT2D eigenvalue weighted by atomic mass is 19.4. The summed E-state index contributed by atoms with van der Waals surface area (Å²) >= 11 is 0. The van der Waals surface area contributed by atoms with Crippen molar-refractivity contribution in [2.24, 2.45) is 17.8 Å². The third-order valence-corrected chi connectivity index (χ3v) is 6.79. The van der Waals surface area contributed by atoms with E-state index in [4.69, 9.17) is 0 Å². The first-order chi connectivity index (χ1) is 12.5. The lowest BCUT2D eigenvalue weighted by Gasteiger charge is -2.53. The minimum absolute atomic E-state index is 0.309. The molecule has 4 saturated carbocycles. The fraction of sp³-hybridized carbons (Fsp3) is 0.650. The highest BCUT2D eigenvalue weighted by molar-refractivity contribution is 5.81. The smallest absolute Gasteiger partial charge is 0.233 e. The Labute approximate surface area is 154 Å². The van der Waals surface area contributed by atoms with Gasteiger partial charge in [-0.1, -0.05) is 6.07 Å². The van der Waals surface area contributed by atoms with Gasteiger partial charge < -0.3 is 0 Å². The van der Waals surface area contributed by atoms with E-state index in [1.165, 1.54) is 0 Å². The van der Waals surface area contributed by atoms with Gasteiger partial charge in [0.1, 0.15) is 7.05 Å². The van der Waals surface area contributed by atoms with E-state index in [-0.39, 0.29) is 5.54 Å². The molecule has 0 radical (unpaired) electrons. The molecule has 0 amide bonds. The standard InChI is InChI=1S/C20H22F6N/c1-27(18-8-12-5-13(9-18)7-14(6-12)10-18)11-15-16(19(21,22)23)3-2-4-17(15)20(24,25)26/h2-4,11-14H,5-10H2,1H3/q+1. The van der Waals surface area contributed by atoms with Crippen molar-refractivity contribution in [2.75, 3.05) is 7.05 Å². The molecule has 1 aromatic rings. The van der Waals surface area contributed by atoms with Crippen LogP contribution in [-0.4, -0.2) is 23.4 Å². The van der Waals surface area contributed by atoms with E-state index in [9.17, 15) is 26.3 Å². The Morgan fingerprint density at radius 3 is 1.63 bits per heavy atom. The zero-order valence-electron chi connectivity index (χ0n) is 15.0. The van der Waals surface area contributed by atoms with Gasteiger partial charge in [-0.15, -0.1) is 0 Å². The topological polar surface area (TPSA) is 3.01 Å². The second-order valence-electron chi connectivity index (χ2n) is 8.64. The number of benzene rings is 1. The molecule has 4 bridgehead atoms. The summed E-state index contributed by atoms with van der Waals surface area (Å²) in [5.74, 6) is 1.64. The van der Waals surface area contributed by atoms with Crippen molar-refractivity contribution in [2.45, 2.75) is 56.4 Å². The number of hydrogen-bond donors (Lipinski definition) is 0. The van der Waals surface area contributed by atoms with E-state index in [1.54, 1.807) is 11.6 Å². The Balaban J connectivity index is 1.81. The van der Waals surface area contributed by atoms with Crippen LogP contribution in [0.3, 0.4) is 0 Å². The molecule has 0 unspecified atom stereocenters. The van der Waals surface area contributed by atoms with Crippen LogP contribution < -0.4 is 0 Å². The van der Waals surface area contributed by atoms with Gasteiger partial charge in [0, 0.05) is 19.3 Å². The van der Waals surface area contributed by atoms with Crippen molar-refractivity contribution in [1.82, 2.24) is 0 Å². The first kappa shape index (κ1) is 18.8. The van der Waals surface area contributed by atoms with Gasteiger partial charge in [-0.25, -0.2) is 4.58 Å². The highest BCUT2D eigenvalue weighted by Gasteiger charge is 2.56. The van der Waals surface area contributed by atoms with Gasteiger partial charge in [-0.2, -0.15) is 26.3 Å². The lowest BCUT2D eigenvalue weighted by atomic mass is 9.53. The highest BCUT2D eigenvalue weighted by Crippen LogP contribution is 2.56. The SMILES string of the molecule is C[N+](=Cc1c(C(F)(F)F)cccc1C(F)(F)F)C12CC3CC(CC(C3)C1)C2. The van der Waals surface area contributed by atoms with Crippen molar-refractivity contribution in [1.29, 1.82) is 0 Å². The molecule has 0 heterocycles. The van der Waals surface area contributed by atoms with Gasteiger partial charge in [0.2, 0.25) is 0 Å². The first-order valence-electron chi connectivity index (χ1n) is 9.33. The van der Waals surface area contributed by atoms with Crippen LogP contribution in [0.1, 0.15) is 55.2 Å². The van der Waals surface area contributed by atoms with Crippen LogP contribution in [0.5, 0.6) is 0 Å². The Morgan fingerprint density at radius 2 is 1.26 bits per heavy atom. The van der Waals surface area contributed by atoms with Gasteiger partial charge >= 0.3 is 12.4 Å². The number of hydrogen-bond acceptors (Lipinski definition) is 0. The molecule has 0 aromatic heterocycles. The van der Waals surface area contributed by atoms with E-state index in [1.807, 2.05) is 0 Å². The quantitative estimate of drug-likeness (QED) is 0.343. The zero-order chi connectivity index (χ0) is 19.6. The molecule has 0 aliphatic heterocycles. The Morgan fingerprint density at radius 1 is 0.852 bits per heavy atom. The Bertz CT molecular complexity index is 706. The molecule has 7 heteroatoms. The lowest BCUT2D eigenvalue weighted by Crippen LogP contribution is -2.56. The van der Waals surface area contributed by atoms with Crippen LogP contribution in [0, 0.1) is 17.8 Å². The van der Waals surface area contributed by atoms with Gasteiger partial charge in [0.25, 0.3) is 0 Å². The van der Waals surface area contributed by atoms with Crippen LogP contribution in [0.4, 0.5) is 26.3 Å². The predicted molar refractivity (Wildman–Crippen MR) is 88.7 cm³/mol. The number of rotatable bonds is 2. The second-order valence-corrected chi connectivity index (χ2v) is 8.64. The van der Waals surface area contributed by atoms with Gasteiger partial charge in [0.15, 0.2) is 11.8 Å². The molecular formula is C20H22F6N+. The fourth-order valence-corrected chi connectivity index (χ4v) is 6.03. The van der Waals surface area contributed by atoms with E-state index in [0.717, 1.165) is 62.9 Å². The molecule has 148 valence electrons. The predicted octanol–water partition coefficient (Wildman–Crippen LogP) is 5.75. The summed E-state index contributed by atoms with van der Waals surface area (Å²) in [6.07, 6.45) is -2.52. The molecule has 5 rings (SSSR count). The van der Waals surface area contributed by atoms with Crippen LogP contribution >= 0.6 is 0 Å². The lowest BCUT2D eigenvalue weighted by molar-refractivity contribution is -0.598. The fourth-order valence-electron chi connectivity index (χ4n) is 6.03. The van der Waals surface area contributed by atoms with Gasteiger partial charge in [-0.3, -0.25) is 0 Å². The number of halogens is 6. The van der Waals surface area contributed by atoms with Crippen molar-refractivity contribution in [3.8, 4) is 0 Å². The summed E-state index contributed by atoms with van der Waals surface area (Å²) in [6, 6.07) is 2.29. The average molecular weight is 390 g/mol. The maximum Gasteiger partial charge on any atom is 0.417 e. The van der Waals surface area contributed by atoms with E-state index < -0.39 is 29.0 Å². The van der Waals surface area contributed by atoms with Gasteiger partial charge in [0.05, 0.1) is 16.7 Å². The minimum Gasteiger partial charge on any atom is -0.233 e. The summed E-state index contributed by atoms with van der Waals surface area (Å²) in [4.78, 5) is 0. The minimum atomic E-state index is -4.84. The maximum atomic E-state index is 13.4. The van der Waals surface area contributed by atoms with Crippen molar-refractivity contribution in [3.05, 3.63) is 34.9 Å². The molecule has 27 heavy (non-hydrogen) atoms. The number of alkyl halides is 6. The van der Waals surface area contributed by atoms with E-state index in [2.05, 4.69) is 0 Å². The van der Waals surface area contributed by atoms with Crippen molar-refractivity contribution < 1.29 is 30.9 Å². The number of nitrogens with zero attached hydrogens (tertiary/aromatic N) is 1. The molecule has 4 aliphatic rings. The summed E-state index contributed by atoms with van der Waals surface area (Å²) in [5.41, 5.74) is -3.53. The Kier molecular flexibility index (Phi) is 4.17. The van der Waals surface area contributed by atoms with E-state index in [0.29, 0.717) is 17.8 Å². The molecule has 4 aliphatic carbocycles. The summed E-state index contributed by atoms with van der Waals surface area (Å²) in [6.45, 7) is 0. The van der Waals surface area contributed by atoms with Crippen LogP contribution in [0.25, 0.3) is 0 Å². The normalized spacial score (nSPS) is 33.6. The summed E-state index contributed by atoms with van der Waals surface area (Å²) < 4.78 is 82.2. The van der Waals surface area contributed by atoms with E-state index >= 15 is 0 Å². The summed E-state index contributed by atoms with van der Waals surface area (Å²) in [7, 11) is 1.65. The molecule has 0 atom stereocenters. The first-order valence-corrected chi connectivity index (χ1v) is 9.33. The van der Waals surface area contributed by atoms with Crippen molar-refractivity contribution >= 4 is 6.21 Å². The zero-order valence-corrected chi connectivity index (χ0v) is 15.0. The van der Waals surface area contributed by atoms with Crippen molar-refractivity contribution in [3.63, 3.8) is 0 Å². The molecule has 0 saturated heterocycles. The van der Waals surface area contributed by atoms with Gasteiger partial charge in [-0.05, 0) is 49.1 Å². The monoisotopic (exact) mass is 390 g/mol. The molecule has 0 spiro atoms. The third kappa shape index (κ3) is 3.27. The van der Waals surface area contributed by atoms with Crippen LogP contribution in [0.15, 0.2) is 18.2 Å². The molecular weight excluding hydrogens is 368 g/mol. The average Bonchev–Trinajstić information content (AvgIpc) is 2.51. The van der Waals surface area contributed by atoms with Crippen LogP contribution in [0.2, 0.25) is 0 Å². The molecule has 1 nitrogen and oxygen atoms in total. The molecule has 4 fully saturated rings. The second kappa shape index (κ2) is 5.98. The largest absolute Gasteiger partial charge is 0.417 e. The van der Waals surface area contributed by atoms with Crippen LogP contribution in [-0.2, 0) is 12.4 Å².